The van der Waals surface area contributed by atoms with E-state index >= 15 is 0 Å². The maximum atomic E-state index is 11.9. The number of anilines is 1. The van der Waals surface area contributed by atoms with E-state index in [0.29, 0.717) is 13.1 Å². The van der Waals surface area contributed by atoms with Crippen molar-refractivity contribution < 1.29 is 0 Å². The van der Waals surface area contributed by atoms with Crippen LogP contribution in [0.1, 0.15) is 18.9 Å². The molecule has 1 heterocycles. The molecular formula is C12H15N5O2. The lowest BCUT2D eigenvalue weighted by Gasteiger charge is -2.25. The second-order valence-electron chi connectivity index (χ2n) is 4.00. The standard InChI is InChI=1S/C12H15N5O2/c1-4-17(7-5-6-13)10-9(8-14)11(18)16(3)12(19)15(10)2/h4-5,7H2,1-3H3. The molecule has 0 fully saturated rings. The summed E-state index contributed by atoms with van der Waals surface area (Å²) in [6.07, 6.45) is 0.252. The van der Waals surface area contributed by atoms with Gasteiger partial charge in [0.05, 0.1) is 12.5 Å². The van der Waals surface area contributed by atoms with E-state index in [1.165, 1.54) is 18.7 Å². The molecule has 7 heteroatoms. The number of rotatable bonds is 4. The van der Waals surface area contributed by atoms with Gasteiger partial charge in [0, 0.05) is 27.2 Å². The fraction of sp³-hybridized carbons (Fsp3) is 0.500. The predicted octanol–water partition coefficient (Wildman–Crippen LogP) is -0.304. The Kier molecular flexibility index (Phi) is 4.49. The molecule has 7 nitrogen and oxygen atoms in total. The number of hydrogen-bond acceptors (Lipinski definition) is 5. The van der Waals surface area contributed by atoms with E-state index in [1.807, 2.05) is 19.1 Å². The van der Waals surface area contributed by atoms with Crippen LogP contribution in [0.3, 0.4) is 0 Å². The maximum absolute atomic E-state index is 11.9. The summed E-state index contributed by atoms with van der Waals surface area (Å²) >= 11 is 0. The van der Waals surface area contributed by atoms with Crippen molar-refractivity contribution >= 4 is 5.82 Å². The highest BCUT2D eigenvalue weighted by Crippen LogP contribution is 2.14. The maximum Gasteiger partial charge on any atom is 0.332 e. The first-order valence-corrected chi connectivity index (χ1v) is 5.81. The minimum atomic E-state index is -0.615. The third-order valence-electron chi connectivity index (χ3n) is 2.92. The molecule has 1 rings (SSSR count). The Bertz CT molecular complexity index is 672. The van der Waals surface area contributed by atoms with Crippen LogP contribution in [0.4, 0.5) is 5.82 Å². The van der Waals surface area contributed by atoms with E-state index in [0.717, 1.165) is 4.57 Å². The fourth-order valence-electron chi connectivity index (χ4n) is 1.90. The molecule has 0 saturated carbocycles. The summed E-state index contributed by atoms with van der Waals surface area (Å²) in [4.78, 5) is 25.5. The van der Waals surface area contributed by atoms with Gasteiger partial charge in [0.25, 0.3) is 5.56 Å². The quantitative estimate of drug-likeness (QED) is 0.741. The van der Waals surface area contributed by atoms with Gasteiger partial charge >= 0.3 is 5.69 Å². The third kappa shape index (κ3) is 2.50. The minimum Gasteiger partial charge on any atom is -0.356 e. The molecule has 0 saturated heterocycles. The van der Waals surface area contributed by atoms with E-state index in [9.17, 15) is 9.59 Å². The topological polar surface area (TPSA) is 94.8 Å². The van der Waals surface area contributed by atoms with Crippen LogP contribution in [-0.2, 0) is 14.1 Å². The second kappa shape index (κ2) is 5.87. The van der Waals surface area contributed by atoms with Crippen LogP contribution in [0.2, 0.25) is 0 Å². The largest absolute Gasteiger partial charge is 0.356 e. The van der Waals surface area contributed by atoms with Crippen molar-refractivity contribution in [1.82, 2.24) is 9.13 Å². The van der Waals surface area contributed by atoms with Crippen molar-refractivity contribution in [2.45, 2.75) is 13.3 Å². The summed E-state index contributed by atoms with van der Waals surface area (Å²) < 4.78 is 2.17. The molecule has 0 spiro atoms. The van der Waals surface area contributed by atoms with Crippen molar-refractivity contribution in [3.05, 3.63) is 26.4 Å². The highest BCUT2D eigenvalue weighted by atomic mass is 16.2. The molecule has 0 aromatic carbocycles. The van der Waals surface area contributed by atoms with Crippen LogP contribution < -0.4 is 16.1 Å². The van der Waals surface area contributed by atoms with Crippen LogP contribution in [0.5, 0.6) is 0 Å². The molecule has 0 bridgehead atoms. The fourth-order valence-corrected chi connectivity index (χ4v) is 1.90. The van der Waals surface area contributed by atoms with Crippen LogP contribution in [0, 0.1) is 22.7 Å². The number of nitrogens with zero attached hydrogens (tertiary/aromatic N) is 5. The Hall–Kier alpha value is -2.54. The van der Waals surface area contributed by atoms with Gasteiger partial charge in [0.2, 0.25) is 0 Å². The van der Waals surface area contributed by atoms with Crippen molar-refractivity contribution in [1.29, 1.82) is 10.5 Å². The van der Waals surface area contributed by atoms with Crippen LogP contribution in [-0.4, -0.2) is 22.2 Å². The Morgan fingerprint density at radius 3 is 2.32 bits per heavy atom. The van der Waals surface area contributed by atoms with Gasteiger partial charge in [-0.15, -0.1) is 0 Å². The van der Waals surface area contributed by atoms with E-state index in [2.05, 4.69) is 0 Å². The van der Waals surface area contributed by atoms with Crippen molar-refractivity contribution in [2.24, 2.45) is 14.1 Å². The first-order valence-electron chi connectivity index (χ1n) is 5.81. The Balaban J connectivity index is 3.59. The average molecular weight is 261 g/mol. The Labute approximate surface area is 110 Å². The van der Waals surface area contributed by atoms with Crippen LogP contribution in [0.15, 0.2) is 9.59 Å². The highest BCUT2D eigenvalue weighted by molar-refractivity contribution is 5.53. The zero-order chi connectivity index (χ0) is 14.6. The predicted molar refractivity (Wildman–Crippen MR) is 69.8 cm³/mol. The molecule has 0 N–H and O–H groups in total. The Morgan fingerprint density at radius 2 is 1.84 bits per heavy atom. The molecule has 0 radical (unpaired) electrons. The summed E-state index contributed by atoms with van der Waals surface area (Å²) in [6.45, 7) is 2.69. The van der Waals surface area contributed by atoms with E-state index in [4.69, 9.17) is 10.5 Å². The summed E-state index contributed by atoms with van der Waals surface area (Å²) in [7, 11) is 2.84. The van der Waals surface area contributed by atoms with Gasteiger partial charge in [0.15, 0.2) is 5.56 Å². The van der Waals surface area contributed by atoms with Crippen LogP contribution >= 0.6 is 0 Å². The van der Waals surface area contributed by atoms with Crippen molar-refractivity contribution in [3.63, 3.8) is 0 Å². The lowest BCUT2D eigenvalue weighted by Crippen LogP contribution is -2.42. The molecule has 19 heavy (non-hydrogen) atoms. The lowest BCUT2D eigenvalue weighted by atomic mass is 10.2. The molecule has 1 aromatic rings. The molecule has 0 aliphatic carbocycles. The summed E-state index contributed by atoms with van der Waals surface area (Å²) in [5.74, 6) is 0.272. The first kappa shape index (κ1) is 14.5. The smallest absolute Gasteiger partial charge is 0.332 e. The van der Waals surface area contributed by atoms with Gasteiger partial charge in [-0.25, -0.2) is 4.79 Å². The zero-order valence-electron chi connectivity index (χ0n) is 11.2. The normalized spacial score (nSPS) is 9.74. The SMILES string of the molecule is CCN(CCC#N)c1c(C#N)c(=O)n(C)c(=O)n1C. The molecule has 0 atom stereocenters. The second-order valence-corrected chi connectivity index (χ2v) is 4.00. The number of hydrogen-bond donors (Lipinski definition) is 0. The van der Waals surface area contributed by atoms with E-state index in [-0.39, 0.29) is 17.8 Å². The van der Waals surface area contributed by atoms with E-state index in [1.54, 1.807) is 4.90 Å². The third-order valence-corrected chi connectivity index (χ3v) is 2.92. The van der Waals surface area contributed by atoms with Gasteiger partial charge in [-0.05, 0) is 6.92 Å². The summed E-state index contributed by atoms with van der Waals surface area (Å²) in [6, 6.07) is 3.85. The minimum absolute atomic E-state index is 0.0793. The van der Waals surface area contributed by atoms with Gasteiger partial charge in [-0.1, -0.05) is 0 Å². The summed E-state index contributed by atoms with van der Waals surface area (Å²) in [5, 5.41) is 17.8. The molecule has 0 aliphatic heterocycles. The summed E-state index contributed by atoms with van der Waals surface area (Å²) in [5.41, 5.74) is -1.19. The number of aromatic nitrogens is 2. The number of nitriles is 2. The highest BCUT2D eigenvalue weighted by Gasteiger charge is 2.19. The van der Waals surface area contributed by atoms with Gasteiger partial charge in [0.1, 0.15) is 11.9 Å². The molecular weight excluding hydrogens is 246 g/mol. The molecule has 1 aromatic heterocycles. The molecule has 100 valence electrons. The van der Waals surface area contributed by atoms with Gasteiger partial charge in [-0.3, -0.25) is 13.9 Å². The van der Waals surface area contributed by atoms with Crippen LogP contribution in [0.25, 0.3) is 0 Å². The molecule has 0 aliphatic rings. The lowest BCUT2D eigenvalue weighted by molar-refractivity contribution is 0.657. The van der Waals surface area contributed by atoms with E-state index < -0.39 is 11.2 Å². The zero-order valence-corrected chi connectivity index (χ0v) is 11.2. The molecule has 0 amide bonds. The monoisotopic (exact) mass is 261 g/mol. The van der Waals surface area contributed by atoms with Gasteiger partial charge in [-0.2, -0.15) is 10.5 Å². The average Bonchev–Trinajstić information content (AvgIpc) is 2.42. The first-order chi connectivity index (χ1) is 8.99. The van der Waals surface area contributed by atoms with Gasteiger partial charge < -0.3 is 4.90 Å². The van der Waals surface area contributed by atoms with Crippen molar-refractivity contribution in [3.8, 4) is 12.1 Å². The van der Waals surface area contributed by atoms with Crippen molar-refractivity contribution in [2.75, 3.05) is 18.0 Å². The molecule has 0 unspecified atom stereocenters. The Morgan fingerprint density at radius 1 is 1.21 bits per heavy atom.